The molecular weight excluding hydrogens is 278 g/mol. The van der Waals surface area contributed by atoms with Crippen molar-refractivity contribution >= 4 is 16.7 Å². The fraction of sp³-hybridized carbons (Fsp3) is 0.167. The highest BCUT2D eigenvalue weighted by Crippen LogP contribution is 2.22. The van der Waals surface area contributed by atoms with E-state index in [4.69, 9.17) is 9.15 Å². The average Bonchev–Trinajstić information content (AvgIpc) is 2.98. The van der Waals surface area contributed by atoms with Crippen LogP contribution in [0.5, 0.6) is 5.75 Å². The van der Waals surface area contributed by atoms with Gasteiger partial charge in [-0.25, -0.2) is 0 Å². The molecular formula is C18H17NO3. The molecule has 0 aliphatic rings. The lowest BCUT2D eigenvalue weighted by Gasteiger charge is -2.07. The van der Waals surface area contributed by atoms with Gasteiger partial charge in [-0.15, -0.1) is 0 Å². The molecule has 0 saturated heterocycles. The van der Waals surface area contributed by atoms with Gasteiger partial charge in [0.25, 0.3) is 5.91 Å². The first-order valence-electron chi connectivity index (χ1n) is 7.06. The molecule has 0 spiro atoms. The molecule has 112 valence electrons. The fourth-order valence-electron chi connectivity index (χ4n) is 2.41. The number of furan rings is 1. The molecule has 1 N–H and O–H groups in total. The molecule has 2 aromatic carbocycles. The fourth-order valence-corrected chi connectivity index (χ4v) is 2.41. The zero-order valence-corrected chi connectivity index (χ0v) is 12.6. The third-order valence-electron chi connectivity index (χ3n) is 3.67. The number of carbonyl (C=O) groups is 1. The predicted molar refractivity (Wildman–Crippen MR) is 85.1 cm³/mol. The normalized spacial score (nSPS) is 10.6. The molecule has 0 aliphatic carbocycles. The summed E-state index contributed by atoms with van der Waals surface area (Å²) < 4.78 is 10.4. The Kier molecular flexibility index (Phi) is 3.83. The lowest BCUT2D eigenvalue weighted by atomic mass is 10.1. The maximum Gasteiger partial charge on any atom is 0.255 e. The van der Waals surface area contributed by atoms with Crippen molar-refractivity contribution in [1.29, 1.82) is 0 Å². The van der Waals surface area contributed by atoms with Crippen LogP contribution in [0.3, 0.4) is 0 Å². The highest BCUT2D eigenvalue weighted by Gasteiger charge is 2.10. The van der Waals surface area contributed by atoms with Gasteiger partial charge in [-0.05, 0) is 47.5 Å². The maximum absolute atomic E-state index is 12.1. The van der Waals surface area contributed by atoms with Crippen LogP contribution in [0, 0.1) is 6.92 Å². The summed E-state index contributed by atoms with van der Waals surface area (Å²) in [7, 11) is 1.66. The largest absolute Gasteiger partial charge is 0.497 e. The Morgan fingerprint density at radius 2 is 1.91 bits per heavy atom. The summed E-state index contributed by atoms with van der Waals surface area (Å²) in [5, 5.41) is 5.13. The first-order valence-corrected chi connectivity index (χ1v) is 7.06. The number of ether oxygens (including phenoxy) is 1. The van der Waals surface area contributed by atoms with Gasteiger partial charge in [0.1, 0.15) is 11.5 Å². The van der Waals surface area contributed by atoms with Gasteiger partial charge in [0.05, 0.1) is 18.9 Å². The molecule has 3 rings (SSSR count). The first kappa shape index (κ1) is 14.2. The van der Waals surface area contributed by atoms with Crippen molar-refractivity contribution < 1.29 is 13.9 Å². The van der Waals surface area contributed by atoms with E-state index < -0.39 is 0 Å². The zero-order valence-electron chi connectivity index (χ0n) is 12.6. The summed E-state index contributed by atoms with van der Waals surface area (Å²) in [6.07, 6.45) is 1.52. The van der Waals surface area contributed by atoms with Crippen molar-refractivity contribution in [2.75, 3.05) is 7.11 Å². The summed E-state index contributed by atoms with van der Waals surface area (Å²) in [6.45, 7) is 2.25. The van der Waals surface area contributed by atoms with Crippen molar-refractivity contribution in [1.82, 2.24) is 5.32 Å². The summed E-state index contributed by atoms with van der Waals surface area (Å²) in [4.78, 5) is 12.1. The summed E-state index contributed by atoms with van der Waals surface area (Å²) in [6, 6.07) is 13.7. The Hall–Kier alpha value is -2.75. The molecule has 0 saturated carbocycles. The van der Waals surface area contributed by atoms with E-state index in [0.29, 0.717) is 17.9 Å². The molecule has 1 amide bonds. The topological polar surface area (TPSA) is 51.5 Å². The lowest BCUT2D eigenvalue weighted by Crippen LogP contribution is -2.22. The second-order valence-corrected chi connectivity index (χ2v) is 5.12. The van der Waals surface area contributed by atoms with E-state index >= 15 is 0 Å². The van der Waals surface area contributed by atoms with Crippen molar-refractivity contribution in [3.8, 4) is 5.75 Å². The number of hydrogen-bond donors (Lipinski definition) is 1. The Morgan fingerprint density at radius 3 is 2.64 bits per heavy atom. The van der Waals surface area contributed by atoms with E-state index in [1.54, 1.807) is 20.1 Å². The minimum atomic E-state index is -0.124. The van der Waals surface area contributed by atoms with E-state index in [2.05, 4.69) is 11.4 Å². The summed E-state index contributed by atoms with van der Waals surface area (Å²) >= 11 is 0. The molecule has 1 heterocycles. The highest BCUT2D eigenvalue weighted by molar-refractivity contribution is 5.95. The van der Waals surface area contributed by atoms with Crippen LogP contribution in [0.4, 0.5) is 0 Å². The number of hydrogen-bond acceptors (Lipinski definition) is 3. The molecule has 4 heteroatoms. The Morgan fingerprint density at radius 1 is 1.14 bits per heavy atom. The van der Waals surface area contributed by atoms with Crippen molar-refractivity contribution in [3.05, 3.63) is 65.6 Å². The zero-order chi connectivity index (χ0) is 15.5. The Labute approximate surface area is 128 Å². The summed E-state index contributed by atoms with van der Waals surface area (Å²) in [5.74, 6) is 1.34. The van der Waals surface area contributed by atoms with E-state index in [1.165, 1.54) is 6.26 Å². The number of benzene rings is 2. The molecule has 22 heavy (non-hydrogen) atoms. The van der Waals surface area contributed by atoms with Gasteiger partial charge in [-0.2, -0.15) is 0 Å². The minimum Gasteiger partial charge on any atom is -0.497 e. The smallest absolute Gasteiger partial charge is 0.255 e. The van der Waals surface area contributed by atoms with Crippen molar-refractivity contribution in [3.63, 3.8) is 0 Å². The monoisotopic (exact) mass is 295 g/mol. The van der Waals surface area contributed by atoms with Crippen LogP contribution in [0.2, 0.25) is 0 Å². The first-order chi connectivity index (χ1) is 10.7. The molecule has 1 aromatic heterocycles. The molecule has 0 unspecified atom stereocenters. The summed E-state index contributed by atoms with van der Waals surface area (Å²) in [5.41, 5.74) is 1.62. The average molecular weight is 295 g/mol. The molecule has 0 fully saturated rings. The molecule has 0 atom stereocenters. The van der Waals surface area contributed by atoms with Gasteiger partial charge < -0.3 is 14.5 Å². The van der Waals surface area contributed by atoms with Crippen LogP contribution >= 0.6 is 0 Å². The third kappa shape index (κ3) is 2.81. The van der Waals surface area contributed by atoms with Crippen LogP contribution < -0.4 is 10.1 Å². The number of amides is 1. The second kappa shape index (κ2) is 5.93. The van der Waals surface area contributed by atoms with Crippen LogP contribution in [0.15, 0.2) is 53.1 Å². The number of nitrogens with one attached hydrogen (secondary N) is 1. The quantitative estimate of drug-likeness (QED) is 0.799. The molecule has 0 radical (unpaired) electrons. The predicted octanol–water partition coefficient (Wildman–Crippen LogP) is 3.68. The molecule has 4 nitrogen and oxygen atoms in total. The van der Waals surface area contributed by atoms with E-state index in [-0.39, 0.29) is 5.91 Å². The van der Waals surface area contributed by atoms with Gasteiger partial charge in [-0.3, -0.25) is 4.79 Å². The van der Waals surface area contributed by atoms with Crippen LogP contribution in [-0.2, 0) is 6.54 Å². The Bertz CT molecular complexity index is 820. The van der Waals surface area contributed by atoms with Gasteiger partial charge in [0.15, 0.2) is 0 Å². The number of aryl methyl sites for hydroxylation is 1. The standard InChI is InChI=1S/C18H17NO3/c1-12-17(7-8-22-12)18(20)19-11-13-3-4-15-10-16(21-2)6-5-14(15)9-13/h3-10H,11H2,1-2H3,(H,19,20). The lowest BCUT2D eigenvalue weighted by molar-refractivity contribution is 0.0949. The third-order valence-corrected chi connectivity index (χ3v) is 3.67. The molecule has 0 aliphatic heterocycles. The minimum absolute atomic E-state index is 0.124. The van der Waals surface area contributed by atoms with Crippen molar-refractivity contribution in [2.24, 2.45) is 0 Å². The van der Waals surface area contributed by atoms with Crippen molar-refractivity contribution in [2.45, 2.75) is 13.5 Å². The number of rotatable bonds is 4. The SMILES string of the molecule is COc1ccc2cc(CNC(=O)c3ccoc3C)ccc2c1. The van der Waals surface area contributed by atoms with Crippen LogP contribution in [0.1, 0.15) is 21.7 Å². The number of fused-ring (bicyclic) bond motifs is 1. The Balaban J connectivity index is 1.74. The van der Waals surface area contributed by atoms with E-state index in [1.807, 2.05) is 30.3 Å². The molecule has 0 bridgehead atoms. The molecule has 3 aromatic rings. The van der Waals surface area contributed by atoms with Gasteiger partial charge in [0, 0.05) is 6.54 Å². The number of carbonyl (C=O) groups excluding carboxylic acids is 1. The van der Waals surface area contributed by atoms with Gasteiger partial charge in [0.2, 0.25) is 0 Å². The van der Waals surface area contributed by atoms with Gasteiger partial charge in [-0.1, -0.05) is 18.2 Å². The number of methoxy groups -OCH3 is 1. The van der Waals surface area contributed by atoms with Gasteiger partial charge >= 0.3 is 0 Å². The van der Waals surface area contributed by atoms with E-state index in [9.17, 15) is 4.79 Å². The van der Waals surface area contributed by atoms with Crippen LogP contribution in [0.25, 0.3) is 10.8 Å². The second-order valence-electron chi connectivity index (χ2n) is 5.12. The van der Waals surface area contributed by atoms with Crippen LogP contribution in [-0.4, -0.2) is 13.0 Å². The highest BCUT2D eigenvalue weighted by atomic mass is 16.5. The van der Waals surface area contributed by atoms with E-state index in [0.717, 1.165) is 22.1 Å². The maximum atomic E-state index is 12.1.